The first-order chi connectivity index (χ1) is 12.3. The van der Waals surface area contributed by atoms with E-state index in [2.05, 4.69) is 10.5 Å². The Balaban J connectivity index is 1.84. The van der Waals surface area contributed by atoms with E-state index in [1.807, 2.05) is 32.0 Å². The number of hydrogen-bond acceptors (Lipinski definition) is 6. The van der Waals surface area contributed by atoms with Crippen molar-refractivity contribution in [2.45, 2.75) is 20.8 Å². The molecule has 1 aromatic carbocycles. The minimum atomic E-state index is -0.785. The molecule has 1 heterocycles. The van der Waals surface area contributed by atoms with Crippen LogP contribution in [-0.4, -0.2) is 48.0 Å². The highest BCUT2D eigenvalue weighted by Gasteiger charge is 2.18. The molecule has 0 aliphatic heterocycles. The van der Waals surface area contributed by atoms with Gasteiger partial charge in [-0.15, -0.1) is 0 Å². The number of rotatable bonds is 6. The number of likely N-dealkylation sites (N-methyl/N-ethyl adjacent to an activating group) is 1. The van der Waals surface area contributed by atoms with Crippen molar-refractivity contribution in [3.8, 4) is 0 Å². The number of benzene rings is 1. The van der Waals surface area contributed by atoms with Crippen molar-refractivity contribution < 1.29 is 23.6 Å². The molecule has 2 amide bonds. The van der Waals surface area contributed by atoms with Crippen LogP contribution in [0.1, 0.15) is 27.4 Å². The number of nitrogens with zero attached hydrogens (tertiary/aromatic N) is 2. The number of carbonyl (C=O) groups excluding carboxylic acids is 3. The second-order valence-electron chi connectivity index (χ2n) is 5.97. The van der Waals surface area contributed by atoms with Crippen LogP contribution in [0.2, 0.25) is 0 Å². The van der Waals surface area contributed by atoms with E-state index in [1.54, 1.807) is 6.92 Å². The number of amides is 2. The Bertz CT molecular complexity index is 808. The smallest absolute Gasteiger partial charge is 0.377 e. The Labute approximate surface area is 151 Å². The fourth-order valence-electron chi connectivity index (χ4n) is 2.26. The molecule has 2 aromatic rings. The van der Waals surface area contributed by atoms with Crippen LogP contribution in [-0.2, 0) is 14.3 Å². The van der Waals surface area contributed by atoms with Crippen molar-refractivity contribution in [1.82, 2.24) is 10.1 Å². The van der Waals surface area contributed by atoms with E-state index in [1.165, 1.54) is 18.0 Å². The van der Waals surface area contributed by atoms with Crippen LogP contribution in [0, 0.1) is 20.8 Å². The van der Waals surface area contributed by atoms with Crippen molar-refractivity contribution in [1.29, 1.82) is 0 Å². The number of anilines is 1. The molecule has 26 heavy (non-hydrogen) atoms. The molecular formula is C18H21N3O5. The summed E-state index contributed by atoms with van der Waals surface area (Å²) >= 11 is 0. The summed E-state index contributed by atoms with van der Waals surface area (Å²) in [7, 11) is 1.46. The van der Waals surface area contributed by atoms with Crippen molar-refractivity contribution in [3.63, 3.8) is 0 Å². The topological polar surface area (TPSA) is 102 Å². The van der Waals surface area contributed by atoms with Gasteiger partial charge in [-0.1, -0.05) is 23.4 Å². The van der Waals surface area contributed by atoms with Gasteiger partial charge in [0.2, 0.25) is 11.7 Å². The van der Waals surface area contributed by atoms with Crippen LogP contribution in [0.15, 0.2) is 28.8 Å². The first-order valence-electron chi connectivity index (χ1n) is 7.98. The molecule has 0 atom stereocenters. The van der Waals surface area contributed by atoms with Gasteiger partial charge >= 0.3 is 5.97 Å². The zero-order valence-electron chi connectivity index (χ0n) is 15.2. The fraction of sp³-hybridized carbons (Fsp3) is 0.333. The molecule has 2 rings (SSSR count). The fourth-order valence-corrected chi connectivity index (χ4v) is 2.26. The van der Waals surface area contributed by atoms with E-state index in [9.17, 15) is 14.4 Å². The van der Waals surface area contributed by atoms with Gasteiger partial charge in [-0.25, -0.2) is 4.79 Å². The highest BCUT2D eigenvalue weighted by molar-refractivity contribution is 5.96. The lowest BCUT2D eigenvalue weighted by atomic mass is 10.1. The minimum Gasteiger partial charge on any atom is -0.450 e. The van der Waals surface area contributed by atoms with Gasteiger partial charge in [0, 0.05) is 18.8 Å². The average molecular weight is 359 g/mol. The van der Waals surface area contributed by atoms with Crippen LogP contribution in [0.4, 0.5) is 5.69 Å². The third-order valence-electron chi connectivity index (χ3n) is 3.71. The Morgan fingerprint density at radius 2 is 1.85 bits per heavy atom. The molecule has 0 aliphatic rings. The molecule has 0 aliphatic carbocycles. The van der Waals surface area contributed by atoms with E-state index in [0.29, 0.717) is 5.69 Å². The zero-order valence-corrected chi connectivity index (χ0v) is 15.2. The monoisotopic (exact) mass is 359 g/mol. The third-order valence-corrected chi connectivity index (χ3v) is 3.71. The van der Waals surface area contributed by atoms with Crippen LogP contribution in [0.5, 0.6) is 0 Å². The van der Waals surface area contributed by atoms with Crippen LogP contribution in [0.25, 0.3) is 0 Å². The van der Waals surface area contributed by atoms with Gasteiger partial charge in [0.05, 0.1) is 12.2 Å². The van der Waals surface area contributed by atoms with Gasteiger partial charge in [0.25, 0.3) is 5.91 Å². The molecule has 0 unspecified atom stereocenters. The maximum absolute atomic E-state index is 12.2. The molecular weight excluding hydrogens is 338 g/mol. The van der Waals surface area contributed by atoms with Crippen molar-refractivity contribution in [2.24, 2.45) is 0 Å². The highest BCUT2D eigenvalue weighted by atomic mass is 16.6. The minimum absolute atomic E-state index is 0.0780. The van der Waals surface area contributed by atoms with Crippen molar-refractivity contribution in [3.05, 3.63) is 46.8 Å². The van der Waals surface area contributed by atoms with Gasteiger partial charge in [-0.2, -0.15) is 0 Å². The Hall–Kier alpha value is -3.16. The van der Waals surface area contributed by atoms with Gasteiger partial charge in [-0.05, 0) is 31.9 Å². The summed E-state index contributed by atoms with van der Waals surface area (Å²) in [4.78, 5) is 37.1. The summed E-state index contributed by atoms with van der Waals surface area (Å²) in [6.07, 6.45) is 0. The number of hydrogen-bond donors (Lipinski definition) is 1. The van der Waals surface area contributed by atoms with E-state index >= 15 is 0 Å². The molecule has 0 bridgehead atoms. The number of aryl methyl sites for hydroxylation is 3. The van der Waals surface area contributed by atoms with Crippen LogP contribution < -0.4 is 5.32 Å². The quantitative estimate of drug-likeness (QED) is 0.790. The normalized spacial score (nSPS) is 10.3. The Kier molecular flexibility index (Phi) is 6.11. The predicted molar refractivity (Wildman–Crippen MR) is 93.7 cm³/mol. The Morgan fingerprint density at radius 1 is 1.19 bits per heavy atom. The second-order valence-corrected chi connectivity index (χ2v) is 5.97. The summed E-state index contributed by atoms with van der Waals surface area (Å²) in [6, 6.07) is 7.10. The number of esters is 1. The molecule has 0 radical (unpaired) electrons. The molecule has 138 valence electrons. The molecule has 0 saturated heterocycles. The average Bonchev–Trinajstić information content (AvgIpc) is 3.02. The molecule has 8 heteroatoms. The van der Waals surface area contributed by atoms with Gasteiger partial charge < -0.3 is 19.5 Å². The molecule has 1 aromatic heterocycles. The van der Waals surface area contributed by atoms with E-state index in [4.69, 9.17) is 9.26 Å². The zero-order chi connectivity index (χ0) is 19.3. The summed E-state index contributed by atoms with van der Waals surface area (Å²) in [5, 5.41) is 6.36. The first-order valence-corrected chi connectivity index (χ1v) is 7.98. The maximum atomic E-state index is 12.2. The number of nitrogens with one attached hydrogen (secondary N) is 1. The second kappa shape index (κ2) is 8.28. The van der Waals surface area contributed by atoms with E-state index < -0.39 is 18.5 Å². The predicted octanol–water partition coefficient (Wildman–Crippen LogP) is 1.85. The molecule has 8 nitrogen and oxygen atoms in total. The number of aromatic nitrogens is 1. The lowest BCUT2D eigenvalue weighted by Gasteiger charge is -2.18. The van der Waals surface area contributed by atoms with Crippen molar-refractivity contribution >= 4 is 23.5 Å². The largest absolute Gasteiger partial charge is 0.450 e. The summed E-state index contributed by atoms with van der Waals surface area (Å²) < 4.78 is 9.63. The van der Waals surface area contributed by atoms with Crippen LogP contribution in [0.3, 0.4) is 0 Å². The summed E-state index contributed by atoms with van der Waals surface area (Å²) in [5.41, 5.74) is 3.13. The van der Waals surface area contributed by atoms with Gasteiger partial charge in [0.1, 0.15) is 0 Å². The number of para-hydroxylation sites is 1. The highest BCUT2D eigenvalue weighted by Crippen LogP contribution is 2.19. The summed E-state index contributed by atoms with van der Waals surface area (Å²) in [6.45, 7) is 4.79. The number of ether oxygens (including phenoxy) is 1. The first kappa shape index (κ1) is 19.2. The lowest BCUT2D eigenvalue weighted by molar-refractivity contribution is -0.136. The Morgan fingerprint density at radius 3 is 2.42 bits per heavy atom. The summed E-state index contributed by atoms with van der Waals surface area (Å²) in [5.74, 6) is -1.71. The molecule has 1 N–H and O–H groups in total. The van der Waals surface area contributed by atoms with E-state index in [-0.39, 0.29) is 18.2 Å². The molecule has 0 saturated carbocycles. The molecule has 0 spiro atoms. The van der Waals surface area contributed by atoms with Crippen molar-refractivity contribution in [2.75, 3.05) is 25.5 Å². The number of carbonyl (C=O) groups is 3. The SMILES string of the molecule is Cc1cc(C(=O)OCC(=O)N(C)CC(=O)Nc2c(C)cccc2C)on1. The lowest BCUT2D eigenvalue weighted by Crippen LogP contribution is -2.37. The maximum Gasteiger partial charge on any atom is 0.377 e. The third kappa shape index (κ3) is 4.92. The standard InChI is InChI=1S/C18H21N3O5/c1-11-6-5-7-12(2)17(11)19-15(22)9-21(4)16(23)10-25-18(24)14-8-13(3)20-26-14/h5-8H,9-10H2,1-4H3,(H,19,22). The van der Waals surface area contributed by atoms with Crippen LogP contribution >= 0.6 is 0 Å². The van der Waals surface area contributed by atoms with E-state index in [0.717, 1.165) is 16.8 Å². The van der Waals surface area contributed by atoms with Gasteiger partial charge in [0.15, 0.2) is 6.61 Å². The van der Waals surface area contributed by atoms with Gasteiger partial charge in [-0.3, -0.25) is 9.59 Å². The molecule has 0 fully saturated rings.